The van der Waals surface area contributed by atoms with Crippen LogP contribution in [0, 0.1) is 6.92 Å². The maximum absolute atomic E-state index is 3.25. The summed E-state index contributed by atoms with van der Waals surface area (Å²) in [5.41, 5.74) is 0. The molecule has 0 aromatic rings. The van der Waals surface area contributed by atoms with Gasteiger partial charge in [0, 0.05) is 0 Å². The first-order chi connectivity index (χ1) is 1.41. The van der Waals surface area contributed by atoms with Crippen molar-refractivity contribution >= 4 is 0 Å². The van der Waals surface area contributed by atoms with Gasteiger partial charge in [-0.2, -0.15) is 0 Å². The molecule has 0 bridgehead atoms. The molecule has 0 aliphatic carbocycles. The molecule has 0 fully saturated rings. The first kappa shape index (κ1) is 16.4. The minimum Gasteiger partial charge on any atom is -0.412 e. The normalized spacial score (nSPS) is 2.40. The van der Waals surface area contributed by atoms with Crippen molar-refractivity contribution in [2.45, 2.75) is 0 Å². The van der Waals surface area contributed by atoms with Gasteiger partial charge in [0.1, 0.15) is 0 Å². The van der Waals surface area contributed by atoms with Crippen LogP contribution >= 0.6 is 0 Å². The van der Waals surface area contributed by atoms with Crippen LogP contribution in [-0.2, 0) is 0 Å². The Balaban J connectivity index is -0.0000000200. The summed E-state index contributed by atoms with van der Waals surface area (Å²) in [5.74, 6) is 0. The van der Waals surface area contributed by atoms with E-state index in [1.807, 2.05) is 0 Å². The molecule has 2 heteroatoms. The molecular formula is C3H7KO. The summed E-state index contributed by atoms with van der Waals surface area (Å²) in [7, 11) is 0. The summed E-state index contributed by atoms with van der Waals surface area (Å²) < 4.78 is 0. The van der Waals surface area contributed by atoms with Gasteiger partial charge in [0.25, 0.3) is 0 Å². The predicted octanol–water partition coefficient (Wildman–Crippen LogP) is -2.81. The monoisotopic (exact) mass is 98.0 g/mol. The molecule has 0 aliphatic heterocycles. The summed E-state index contributed by atoms with van der Waals surface area (Å²) in [6.07, 6.45) is 1.50. The number of hydrogen-bond donors (Lipinski definition) is 0. The van der Waals surface area contributed by atoms with Gasteiger partial charge in [0.15, 0.2) is 0 Å². The van der Waals surface area contributed by atoms with E-state index in [0.717, 1.165) is 0 Å². The van der Waals surface area contributed by atoms with E-state index < -0.39 is 0 Å². The van der Waals surface area contributed by atoms with Crippen molar-refractivity contribution in [3.8, 4) is 0 Å². The first-order valence-electron chi connectivity index (χ1n) is 0.816. The molecule has 0 aromatic heterocycles. The molecular weight excluding hydrogens is 91.1 g/mol. The van der Waals surface area contributed by atoms with E-state index in [1.165, 1.54) is 6.08 Å². The van der Waals surface area contributed by atoms with Crippen LogP contribution in [0.4, 0.5) is 0 Å². The minimum absolute atomic E-state index is 0. The Hall–Kier alpha value is 1.21. The van der Waals surface area contributed by atoms with E-state index in [9.17, 15) is 0 Å². The first-order valence-corrected chi connectivity index (χ1v) is 0.816. The third-order valence-corrected chi connectivity index (χ3v) is 0. The van der Waals surface area contributed by atoms with Crippen LogP contribution in [-0.4, -0.2) is 5.48 Å². The molecule has 0 heterocycles. The molecule has 0 aliphatic rings. The SMILES string of the molecule is C=C[CH2-].O.[K+]. The molecule has 1 nitrogen and oxygen atoms in total. The van der Waals surface area contributed by atoms with Gasteiger partial charge in [-0.1, -0.05) is 0 Å². The van der Waals surface area contributed by atoms with Crippen LogP contribution in [0.1, 0.15) is 0 Å². The smallest absolute Gasteiger partial charge is 0.412 e. The fourth-order valence-electron chi connectivity index (χ4n) is 0. The molecule has 0 saturated heterocycles. The van der Waals surface area contributed by atoms with Crippen LogP contribution in [0.15, 0.2) is 12.7 Å². The molecule has 0 radical (unpaired) electrons. The van der Waals surface area contributed by atoms with Crippen molar-refractivity contribution in [1.82, 2.24) is 0 Å². The maximum atomic E-state index is 3.25. The number of rotatable bonds is 0. The van der Waals surface area contributed by atoms with Crippen LogP contribution < -0.4 is 51.4 Å². The van der Waals surface area contributed by atoms with Gasteiger partial charge in [0.2, 0.25) is 0 Å². The second-order valence-electron chi connectivity index (χ2n) is 0.289. The molecule has 0 unspecified atom stereocenters. The van der Waals surface area contributed by atoms with Gasteiger partial charge in [-0.15, -0.1) is 0 Å². The molecule has 0 spiro atoms. The molecule has 0 saturated carbocycles. The Bertz CT molecular complexity index is 14.4. The third-order valence-electron chi connectivity index (χ3n) is 0. The second kappa shape index (κ2) is 18.9. The van der Waals surface area contributed by atoms with Crippen LogP contribution in [0.5, 0.6) is 0 Å². The average molecular weight is 98.2 g/mol. The van der Waals surface area contributed by atoms with Crippen LogP contribution in [0.25, 0.3) is 0 Å². The zero-order valence-electron chi connectivity index (χ0n) is 3.49. The summed E-state index contributed by atoms with van der Waals surface area (Å²) in [4.78, 5) is 0. The summed E-state index contributed by atoms with van der Waals surface area (Å²) in [6, 6.07) is 0. The van der Waals surface area contributed by atoms with E-state index in [0.29, 0.717) is 0 Å². The van der Waals surface area contributed by atoms with E-state index in [2.05, 4.69) is 13.5 Å². The fourth-order valence-corrected chi connectivity index (χ4v) is 0. The van der Waals surface area contributed by atoms with Crippen molar-refractivity contribution < 1.29 is 56.9 Å². The van der Waals surface area contributed by atoms with Gasteiger partial charge in [-0.05, 0) is 0 Å². The Morgan fingerprint density at radius 1 is 1.60 bits per heavy atom. The fraction of sp³-hybridized carbons (Fsp3) is 0. The van der Waals surface area contributed by atoms with Crippen molar-refractivity contribution in [1.29, 1.82) is 0 Å². The van der Waals surface area contributed by atoms with Gasteiger partial charge in [0.05, 0.1) is 0 Å². The average Bonchev–Trinajstić information content (AvgIpc) is 0.918. The van der Waals surface area contributed by atoms with Gasteiger partial charge in [-0.25, -0.2) is 19.6 Å². The van der Waals surface area contributed by atoms with Crippen molar-refractivity contribution in [3.63, 3.8) is 0 Å². The third kappa shape index (κ3) is 36.8. The Kier molecular flexibility index (Phi) is 61.9. The quantitative estimate of drug-likeness (QED) is 0.231. The maximum Gasteiger partial charge on any atom is 1.00 e. The van der Waals surface area contributed by atoms with Gasteiger partial charge < -0.3 is 5.48 Å². The summed E-state index contributed by atoms with van der Waals surface area (Å²) >= 11 is 0. The van der Waals surface area contributed by atoms with E-state index in [-0.39, 0.29) is 56.9 Å². The number of allylic oxidation sites excluding steroid dienone is 1. The molecule has 5 heavy (non-hydrogen) atoms. The topological polar surface area (TPSA) is 31.5 Å². The zero-order valence-corrected chi connectivity index (χ0v) is 6.61. The van der Waals surface area contributed by atoms with Crippen LogP contribution in [0.2, 0.25) is 0 Å². The zero-order chi connectivity index (χ0) is 2.71. The molecule has 0 amide bonds. The van der Waals surface area contributed by atoms with Gasteiger partial charge in [-0.3, -0.25) is 0 Å². The minimum atomic E-state index is 0. The van der Waals surface area contributed by atoms with E-state index in [1.54, 1.807) is 0 Å². The standard InChI is InChI=1S/C3H5.K.H2O/c1-3-2;;/h3H,1-2H2;;1H2/q-1;+1;. The van der Waals surface area contributed by atoms with E-state index >= 15 is 0 Å². The molecule has 0 aromatic carbocycles. The molecule has 2 N–H and O–H groups in total. The van der Waals surface area contributed by atoms with Crippen LogP contribution in [0.3, 0.4) is 0 Å². The molecule has 0 rings (SSSR count). The van der Waals surface area contributed by atoms with Crippen molar-refractivity contribution in [2.24, 2.45) is 0 Å². The van der Waals surface area contributed by atoms with Gasteiger partial charge >= 0.3 is 51.4 Å². The summed E-state index contributed by atoms with van der Waals surface area (Å²) in [6.45, 7) is 6.50. The molecule has 0 atom stereocenters. The second-order valence-corrected chi connectivity index (χ2v) is 0.289. The largest absolute Gasteiger partial charge is 1.00 e. The Morgan fingerprint density at radius 2 is 1.60 bits per heavy atom. The summed E-state index contributed by atoms with van der Waals surface area (Å²) in [5, 5.41) is 0. The van der Waals surface area contributed by atoms with E-state index in [4.69, 9.17) is 0 Å². The Morgan fingerprint density at radius 3 is 1.60 bits per heavy atom. The predicted molar refractivity (Wildman–Crippen MR) is 19.2 cm³/mol. The number of hydrogen-bond acceptors (Lipinski definition) is 0. The van der Waals surface area contributed by atoms with Crippen molar-refractivity contribution in [3.05, 3.63) is 19.6 Å². The molecule has 26 valence electrons. The Labute approximate surface area is 75.2 Å². The van der Waals surface area contributed by atoms with Crippen molar-refractivity contribution in [2.75, 3.05) is 0 Å².